The second-order valence-electron chi connectivity index (χ2n) is 3.98. The zero-order valence-electron chi connectivity index (χ0n) is 10.6. The number of benzene rings is 1. The second-order valence-corrected chi connectivity index (χ2v) is 3.98. The molecule has 98 valence electrons. The highest BCUT2D eigenvalue weighted by Crippen LogP contribution is 2.14. The number of nitrogens with two attached hydrogens (primary N) is 1. The Morgan fingerprint density at radius 1 is 1.32 bits per heavy atom. The van der Waals surface area contributed by atoms with Crippen molar-refractivity contribution in [2.75, 3.05) is 18.2 Å². The van der Waals surface area contributed by atoms with Gasteiger partial charge in [-0.05, 0) is 29.8 Å². The second kappa shape index (κ2) is 5.86. The first-order valence-corrected chi connectivity index (χ1v) is 5.82. The van der Waals surface area contributed by atoms with Crippen molar-refractivity contribution in [3.05, 3.63) is 53.7 Å². The molecule has 5 heteroatoms. The fourth-order valence-corrected chi connectivity index (χ4v) is 1.63. The van der Waals surface area contributed by atoms with Gasteiger partial charge in [0.25, 0.3) is 0 Å². The van der Waals surface area contributed by atoms with Crippen LogP contribution in [0.1, 0.15) is 15.9 Å². The molecule has 5 nitrogen and oxygen atoms in total. The van der Waals surface area contributed by atoms with Gasteiger partial charge in [-0.1, -0.05) is 12.1 Å². The molecule has 2 rings (SSSR count). The van der Waals surface area contributed by atoms with Crippen molar-refractivity contribution in [2.45, 2.75) is 6.54 Å². The fraction of sp³-hybridized carbons (Fsp3) is 0.143. The van der Waals surface area contributed by atoms with Gasteiger partial charge in [-0.2, -0.15) is 0 Å². The van der Waals surface area contributed by atoms with Gasteiger partial charge >= 0.3 is 5.97 Å². The normalized spacial score (nSPS) is 9.95. The number of carbonyl (C=O) groups is 1. The Hall–Kier alpha value is -2.56. The molecule has 0 unspecified atom stereocenters. The summed E-state index contributed by atoms with van der Waals surface area (Å²) >= 11 is 0. The highest BCUT2D eigenvalue weighted by molar-refractivity contribution is 5.89. The SMILES string of the molecule is COC(=O)c1ccc(CNc2ncccc2N)cc1. The Kier molecular flexibility index (Phi) is 3.97. The Morgan fingerprint density at radius 3 is 2.68 bits per heavy atom. The lowest BCUT2D eigenvalue weighted by Crippen LogP contribution is -2.05. The third-order valence-corrected chi connectivity index (χ3v) is 2.67. The number of pyridine rings is 1. The minimum Gasteiger partial charge on any atom is -0.465 e. The maximum Gasteiger partial charge on any atom is 0.337 e. The molecule has 1 aromatic carbocycles. The zero-order valence-corrected chi connectivity index (χ0v) is 10.6. The van der Waals surface area contributed by atoms with Gasteiger partial charge in [0.05, 0.1) is 18.4 Å². The third-order valence-electron chi connectivity index (χ3n) is 2.67. The first kappa shape index (κ1) is 12.9. The summed E-state index contributed by atoms with van der Waals surface area (Å²) in [7, 11) is 1.36. The van der Waals surface area contributed by atoms with Crippen LogP contribution in [0.3, 0.4) is 0 Å². The standard InChI is InChI=1S/C14H15N3O2/c1-19-14(18)11-6-4-10(5-7-11)9-17-13-12(15)3-2-8-16-13/h2-8H,9,15H2,1H3,(H,16,17). The molecular formula is C14H15N3O2. The highest BCUT2D eigenvalue weighted by atomic mass is 16.5. The Morgan fingerprint density at radius 2 is 2.05 bits per heavy atom. The van der Waals surface area contributed by atoms with Crippen LogP contribution in [0.4, 0.5) is 11.5 Å². The van der Waals surface area contributed by atoms with Gasteiger partial charge in [-0.3, -0.25) is 0 Å². The van der Waals surface area contributed by atoms with Crippen molar-refractivity contribution in [1.29, 1.82) is 0 Å². The van der Waals surface area contributed by atoms with E-state index in [1.54, 1.807) is 30.5 Å². The maximum atomic E-state index is 11.3. The maximum absolute atomic E-state index is 11.3. The molecule has 0 aliphatic carbocycles. The van der Waals surface area contributed by atoms with Gasteiger partial charge in [0.2, 0.25) is 0 Å². The molecule has 0 aliphatic heterocycles. The van der Waals surface area contributed by atoms with E-state index >= 15 is 0 Å². The third kappa shape index (κ3) is 3.22. The van der Waals surface area contributed by atoms with E-state index in [9.17, 15) is 4.79 Å². The van der Waals surface area contributed by atoms with Crippen molar-refractivity contribution in [3.63, 3.8) is 0 Å². The minimum absolute atomic E-state index is 0.339. The lowest BCUT2D eigenvalue weighted by atomic mass is 10.1. The van der Waals surface area contributed by atoms with Gasteiger partial charge in [0, 0.05) is 12.7 Å². The quantitative estimate of drug-likeness (QED) is 0.820. The number of nitrogens with one attached hydrogen (secondary N) is 1. The van der Waals surface area contributed by atoms with Gasteiger partial charge in [0.15, 0.2) is 0 Å². The lowest BCUT2D eigenvalue weighted by Gasteiger charge is -2.08. The van der Waals surface area contributed by atoms with Crippen molar-refractivity contribution >= 4 is 17.5 Å². The van der Waals surface area contributed by atoms with Crippen molar-refractivity contribution in [3.8, 4) is 0 Å². The molecule has 0 spiro atoms. The molecule has 0 fully saturated rings. The molecule has 1 aromatic heterocycles. The van der Waals surface area contributed by atoms with E-state index in [0.717, 1.165) is 5.56 Å². The summed E-state index contributed by atoms with van der Waals surface area (Å²) in [5, 5.41) is 3.14. The predicted molar refractivity (Wildman–Crippen MR) is 73.8 cm³/mol. The van der Waals surface area contributed by atoms with Crippen LogP contribution >= 0.6 is 0 Å². The summed E-state index contributed by atoms with van der Waals surface area (Å²) in [4.78, 5) is 15.4. The van der Waals surface area contributed by atoms with E-state index in [1.807, 2.05) is 12.1 Å². The van der Waals surface area contributed by atoms with E-state index in [0.29, 0.717) is 23.6 Å². The topological polar surface area (TPSA) is 77.2 Å². The number of methoxy groups -OCH3 is 1. The molecule has 0 atom stereocenters. The van der Waals surface area contributed by atoms with E-state index in [-0.39, 0.29) is 5.97 Å². The molecule has 0 bridgehead atoms. The number of nitrogen functional groups attached to an aromatic ring is 1. The van der Waals surface area contributed by atoms with Crippen LogP contribution in [0.2, 0.25) is 0 Å². The van der Waals surface area contributed by atoms with E-state index in [4.69, 9.17) is 5.73 Å². The van der Waals surface area contributed by atoms with Crippen LogP contribution in [0.25, 0.3) is 0 Å². The average Bonchev–Trinajstić information content (AvgIpc) is 2.46. The molecule has 0 saturated heterocycles. The molecule has 19 heavy (non-hydrogen) atoms. The van der Waals surface area contributed by atoms with Crippen LogP contribution < -0.4 is 11.1 Å². The summed E-state index contributed by atoms with van der Waals surface area (Å²) in [6.07, 6.45) is 1.68. The Balaban J connectivity index is 2.01. The predicted octanol–water partition coefficient (Wildman–Crippen LogP) is 2.06. The van der Waals surface area contributed by atoms with Crippen molar-refractivity contribution < 1.29 is 9.53 Å². The lowest BCUT2D eigenvalue weighted by molar-refractivity contribution is 0.0600. The van der Waals surface area contributed by atoms with Gasteiger partial charge < -0.3 is 15.8 Å². The Labute approximate surface area is 111 Å². The average molecular weight is 257 g/mol. The van der Waals surface area contributed by atoms with Gasteiger partial charge in [-0.25, -0.2) is 9.78 Å². The van der Waals surface area contributed by atoms with Crippen LogP contribution in [-0.2, 0) is 11.3 Å². The fourth-order valence-electron chi connectivity index (χ4n) is 1.63. The van der Waals surface area contributed by atoms with Crippen LogP contribution in [0.15, 0.2) is 42.6 Å². The number of esters is 1. The van der Waals surface area contributed by atoms with Crippen LogP contribution in [-0.4, -0.2) is 18.1 Å². The van der Waals surface area contributed by atoms with E-state index < -0.39 is 0 Å². The van der Waals surface area contributed by atoms with E-state index in [1.165, 1.54) is 7.11 Å². The molecule has 2 aromatic rings. The van der Waals surface area contributed by atoms with Crippen molar-refractivity contribution in [2.24, 2.45) is 0 Å². The first-order chi connectivity index (χ1) is 9.20. The molecular weight excluding hydrogens is 242 g/mol. The summed E-state index contributed by atoms with van der Waals surface area (Å²) < 4.78 is 4.64. The van der Waals surface area contributed by atoms with Crippen LogP contribution in [0, 0.1) is 0 Å². The number of aromatic nitrogens is 1. The molecule has 0 amide bonds. The number of nitrogens with zero attached hydrogens (tertiary/aromatic N) is 1. The largest absolute Gasteiger partial charge is 0.465 e. The number of hydrogen-bond acceptors (Lipinski definition) is 5. The van der Waals surface area contributed by atoms with E-state index in [2.05, 4.69) is 15.0 Å². The van der Waals surface area contributed by atoms with Crippen molar-refractivity contribution in [1.82, 2.24) is 4.98 Å². The van der Waals surface area contributed by atoms with Crippen LogP contribution in [0.5, 0.6) is 0 Å². The number of hydrogen-bond donors (Lipinski definition) is 2. The number of ether oxygens (including phenoxy) is 1. The molecule has 0 saturated carbocycles. The smallest absolute Gasteiger partial charge is 0.337 e. The minimum atomic E-state index is -0.339. The molecule has 0 aliphatic rings. The van der Waals surface area contributed by atoms with Gasteiger partial charge in [0.1, 0.15) is 5.82 Å². The number of rotatable bonds is 4. The summed E-state index contributed by atoms with van der Waals surface area (Å²) in [5.41, 5.74) is 7.94. The summed E-state index contributed by atoms with van der Waals surface area (Å²) in [6, 6.07) is 10.7. The summed E-state index contributed by atoms with van der Waals surface area (Å²) in [5.74, 6) is 0.313. The monoisotopic (exact) mass is 257 g/mol. The summed E-state index contributed by atoms with van der Waals surface area (Å²) in [6.45, 7) is 0.586. The highest BCUT2D eigenvalue weighted by Gasteiger charge is 2.04. The first-order valence-electron chi connectivity index (χ1n) is 5.82. The zero-order chi connectivity index (χ0) is 13.7. The van der Waals surface area contributed by atoms with Gasteiger partial charge in [-0.15, -0.1) is 0 Å². The molecule has 3 N–H and O–H groups in total. The molecule has 1 heterocycles. The molecule has 0 radical (unpaired) electrons. The number of carbonyl (C=O) groups excluding carboxylic acids is 1. The Bertz CT molecular complexity index is 567. The number of anilines is 2.